The molecule has 0 unspecified atom stereocenters. The van der Waals surface area contributed by atoms with Gasteiger partial charge in [0.2, 0.25) is 0 Å². The Kier molecular flexibility index (Phi) is 3.41. The van der Waals surface area contributed by atoms with Crippen LogP contribution in [0.25, 0.3) is 0 Å². The summed E-state index contributed by atoms with van der Waals surface area (Å²) in [5, 5.41) is 8.94. The third-order valence-electron chi connectivity index (χ3n) is 2.96. The largest absolute Gasteiger partial charge is 0.477 e. The summed E-state index contributed by atoms with van der Waals surface area (Å²) in [6.07, 6.45) is 8.49. The predicted molar refractivity (Wildman–Crippen MR) is 61.8 cm³/mol. The van der Waals surface area contributed by atoms with Crippen LogP contribution in [0.5, 0.6) is 0 Å². The van der Waals surface area contributed by atoms with Crippen molar-refractivity contribution in [2.45, 2.75) is 44.9 Å². The summed E-state index contributed by atoms with van der Waals surface area (Å²) < 4.78 is 0. The summed E-state index contributed by atoms with van der Waals surface area (Å²) in [5.41, 5.74) is 1.29. The van der Waals surface area contributed by atoms with Gasteiger partial charge in [-0.1, -0.05) is 19.3 Å². The molecule has 82 valence electrons. The molecule has 1 heterocycles. The first kappa shape index (κ1) is 10.7. The molecule has 0 atom stereocenters. The van der Waals surface area contributed by atoms with E-state index in [2.05, 4.69) is 0 Å². The number of hydrogen-bond acceptors (Lipinski definition) is 2. The molecule has 0 saturated carbocycles. The number of aromatic carboxylic acids is 1. The molecule has 15 heavy (non-hydrogen) atoms. The molecule has 0 bridgehead atoms. The van der Waals surface area contributed by atoms with Gasteiger partial charge in [0, 0.05) is 4.88 Å². The smallest absolute Gasteiger partial charge is 0.345 e. The molecule has 2 nitrogen and oxygen atoms in total. The normalized spacial score (nSPS) is 17.3. The van der Waals surface area contributed by atoms with Crippen LogP contribution in [0.3, 0.4) is 0 Å². The predicted octanol–water partition coefficient (Wildman–Crippen LogP) is 3.50. The first-order valence-electron chi connectivity index (χ1n) is 5.62. The van der Waals surface area contributed by atoms with Gasteiger partial charge in [-0.25, -0.2) is 4.79 Å². The first-order valence-corrected chi connectivity index (χ1v) is 6.44. The maximum atomic E-state index is 10.9. The molecule has 0 fully saturated rings. The summed E-state index contributed by atoms with van der Waals surface area (Å²) in [6.45, 7) is 0. The van der Waals surface area contributed by atoms with Crippen LogP contribution in [0.15, 0.2) is 6.07 Å². The van der Waals surface area contributed by atoms with Crippen LogP contribution in [-0.4, -0.2) is 11.1 Å². The van der Waals surface area contributed by atoms with E-state index >= 15 is 0 Å². The fourth-order valence-corrected chi connectivity index (χ4v) is 3.22. The third-order valence-corrected chi connectivity index (χ3v) is 4.18. The Morgan fingerprint density at radius 3 is 2.53 bits per heavy atom. The summed E-state index contributed by atoms with van der Waals surface area (Å²) in [4.78, 5) is 12.7. The van der Waals surface area contributed by atoms with Gasteiger partial charge in [-0.3, -0.25) is 0 Å². The zero-order valence-corrected chi connectivity index (χ0v) is 9.61. The van der Waals surface area contributed by atoms with Crippen molar-refractivity contribution in [2.75, 3.05) is 0 Å². The van der Waals surface area contributed by atoms with Crippen LogP contribution < -0.4 is 0 Å². The Hall–Kier alpha value is -0.830. The van der Waals surface area contributed by atoms with Crippen LogP contribution in [-0.2, 0) is 12.8 Å². The molecule has 0 saturated heterocycles. The highest BCUT2D eigenvalue weighted by atomic mass is 32.1. The lowest BCUT2D eigenvalue weighted by Crippen LogP contribution is -1.90. The third kappa shape index (κ3) is 2.59. The highest BCUT2D eigenvalue weighted by Gasteiger charge is 2.14. The fraction of sp³-hybridized carbons (Fsp3) is 0.583. The molecular weight excluding hydrogens is 208 g/mol. The van der Waals surface area contributed by atoms with E-state index in [1.807, 2.05) is 6.07 Å². The van der Waals surface area contributed by atoms with Gasteiger partial charge in [-0.2, -0.15) is 0 Å². The maximum Gasteiger partial charge on any atom is 0.345 e. The second-order valence-corrected chi connectivity index (χ2v) is 5.27. The quantitative estimate of drug-likeness (QED) is 0.792. The minimum Gasteiger partial charge on any atom is -0.477 e. The van der Waals surface area contributed by atoms with E-state index in [0.29, 0.717) is 4.88 Å². The zero-order chi connectivity index (χ0) is 10.7. The van der Waals surface area contributed by atoms with E-state index in [0.717, 1.165) is 12.8 Å². The van der Waals surface area contributed by atoms with Crippen LogP contribution in [0, 0.1) is 0 Å². The summed E-state index contributed by atoms with van der Waals surface area (Å²) in [6, 6.07) is 1.88. The first-order chi connectivity index (χ1) is 7.27. The molecule has 1 aromatic rings. The fourth-order valence-electron chi connectivity index (χ4n) is 2.13. The number of thiophene rings is 1. The van der Waals surface area contributed by atoms with E-state index in [1.165, 1.54) is 53.9 Å². The van der Waals surface area contributed by atoms with Crippen LogP contribution >= 0.6 is 11.3 Å². The number of hydrogen-bond donors (Lipinski definition) is 1. The van der Waals surface area contributed by atoms with E-state index in [9.17, 15) is 4.79 Å². The van der Waals surface area contributed by atoms with Crippen molar-refractivity contribution in [3.05, 3.63) is 21.4 Å². The van der Waals surface area contributed by atoms with Gasteiger partial charge in [0.1, 0.15) is 4.88 Å². The molecule has 0 amide bonds. The number of aryl methyl sites for hydroxylation is 2. The average molecular weight is 224 g/mol. The van der Waals surface area contributed by atoms with Crippen molar-refractivity contribution in [1.29, 1.82) is 0 Å². The topological polar surface area (TPSA) is 37.3 Å². The molecule has 3 heteroatoms. The molecule has 1 N–H and O–H groups in total. The van der Waals surface area contributed by atoms with Crippen molar-refractivity contribution in [2.24, 2.45) is 0 Å². The lowest BCUT2D eigenvalue weighted by Gasteiger charge is -1.98. The van der Waals surface area contributed by atoms with Crippen LogP contribution in [0.4, 0.5) is 0 Å². The van der Waals surface area contributed by atoms with Gasteiger partial charge in [0.25, 0.3) is 0 Å². The standard InChI is InChI=1S/C12H16O2S/c13-12(14)11-8-9-6-4-2-1-3-5-7-10(9)15-11/h8H,1-7H2,(H,13,14). The number of carbonyl (C=O) groups is 1. The second kappa shape index (κ2) is 4.79. The van der Waals surface area contributed by atoms with E-state index in [4.69, 9.17) is 5.11 Å². The number of carboxylic acid groups (broad SMARTS) is 1. The maximum absolute atomic E-state index is 10.9. The molecule has 0 aliphatic heterocycles. The van der Waals surface area contributed by atoms with Gasteiger partial charge >= 0.3 is 5.97 Å². The monoisotopic (exact) mass is 224 g/mol. The van der Waals surface area contributed by atoms with Gasteiger partial charge < -0.3 is 5.11 Å². The molecule has 0 aromatic carbocycles. The number of fused-ring (bicyclic) bond motifs is 1. The molecule has 1 aliphatic carbocycles. The van der Waals surface area contributed by atoms with Crippen molar-refractivity contribution in [3.8, 4) is 0 Å². The minimum absolute atomic E-state index is 0.514. The van der Waals surface area contributed by atoms with Crippen molar-refractivity contribution >= 4 is 17.3 Å². The Balaban J connectivity index is 2.21. The lowest BCUT2D eigenvalue weighted by molar-refractivity contribution is 0.0702. The Morgan fingerprint density at radius 2 is 1.80 bits per heavy atom. The Bertz CT molecular complexity index is 329. The van der Waals surface area contributed by atoms with Gasteiger partial charge in [-0.05, 0) is 37.3 Å². The number of rotatable bonds is 1. The lowest BCUT2D eigenvalue weighted by atomic mass is 10.1. The minimum atomic E-state index is -0.774. The molecular formula is C12H16O2S. The van der Waals surface area contributed by atoms with Crippen molar-refractivity contribution in [1.82, 2.24) is 0 Å². The molecule has 0 radical (unpaired) electrons. The highest BCUT2D eigenvalue weighted by Crippen LogP contribution is 2.27. The average Bonchev–Trinajstić information content (AvgIpc) is 2.61. The van der Waals surface area contributed by atoms with Gasteiger partial charge in [0.05, 0.1) is 0 Å². The highest BCUT2D eigenvalue weighted by molar-refractivity contribution is 7.14. The molecule has 0 spiro atoms. The van der Waals surface area contributed by atoms with E-state index < -0.39 is 5.97 Å². The Morgan fingerprint density at radius 1 is 1.13 bits per heavy atom. The zero-order valence-electron chi connectivity index (χ0n) is 8.79. The van der Waals surface area contributed by atoms with Gasteiger partial charge in [-0.15, -0.1) is 11.3 Å². The van der Waals surface area contributed by atoms with E-state index in [-0.39, 0.29) is 0 Å². The molecule has 2 rings (SSSR count). The summed E-state index contributed by atoms with van der Waals surface area (Å²) in [7, 11) is 0. The van der Waals surface area contributed by atoms with Crippen LogP contribution in [0.1, 0.15) is 52.2 Å². The molecule has 1 aliphatic rings. The SMILES string of the molecule is O=C(O)c1cc2c(s1)CCCCCCC2. The second-order valence-electron chi connectivity index (χ2n) is 4.13. The summed E-state index contributed by atoms with van der Waals surface area (Å²) >= 11 is 1.48. The van der Waals surface area contributed by atoms with E-state index in [1.54, 1.807) is 0 Å². The van der Waals surface area contributed by atoms with Gasteiger partial charge in [0.15, 0.2) is 0 Å². The Labute approximate surface area is 93.9 Å². The van der Waals surface area contributed by atoms with Crippen molar-refractivity contribution in [3.63, 3.8) is 0 Å². The molecule has 1 aromatic heterocycles. The van der Waals surface area contributed by atoms with Crippen LogP contribution in [0.2, 0.25) is 0 Å². The summed E-state index contributed by atoms with van der Waals surface area (Å²) in [5.74, 6) is -0.774. The number of carboxylic acids is 1. The van der Waals surface area contributed by atoms with Crippen molar-refractivity contribution < 1.29 is 9.90 Å².